The molecule has 0 saturated carbocycles. The van der Waals surface area contributed by atoms with Gasteiger partial charge in [-0.15, -0.1) is 0 Å². The number of carbonyl (C=O) groups excluding carboxylic acids is 1. The van der Waals surface area contributed by atoms with Gasteiger partial charge in [-0.3, -0.25) is 4.79 Å². The number of ketones is 1. The normalized spacial score (nSPS) is 10.6. The topological polar surface area (TPSA) is 17.1 Å². The molecule has 13 heavy (non-hydrogen) atoms. The Bertz CT molecular complexity index is 202. The number of halogens is 1. The molecule has 0 radical (unpaired) electrons. The van der Waals surface area contributed by atoms with Crippen LogP contribution in [0.2, 0.25) is 0 Å². The molecular formula is C11H17BrO. The fourth-order valence-corrected chi connectivity index (χ4v) is 0.876. The quantitative estimate of drug-likeness (QED) is 0.419. The molecule has 2 heteroatoms. The van der Waals surface area contributed by atoms with Crippen LogP contribution >= 0.6 is 15.9 Å². The molecule has 74 valence electrons. The highest BCUT2D eigenvalue weighted by molar-refractivity contribution is 9.09. The molecule has 0 amide bonds. The first-order valence-corrected chi connectivity index (χ1v) is 5.43. The third-order valence-corrected chi connectivity index (χ3v) is 1.64. The van der Waals surface area contributed by atoms with Gasteiger partial charge in [0.1, 0.15) is 0 Å². The average molecular weight is 245 g/mol. The van der Waals surface area contributed by atoms with E-state index < -0.39 is 0 Å². The number of alkyl halides is 1. The number of rotatable bonds is 4. The summed E-state index contributed by atoms with van der Waals surface area (Å²) < 4.78 is 0. The summed E-state index contributed by atoms with van der Waals surface area (Å²) in [6.07, 6.45) is 6.99. The van der Waals surface area contributed by atoms with E-state index >= 15 is 0 Å². The Morgan fingerprint density at radius 1 is 1.46 bits per heavy atom. The zero-order valence-electron chi connectivity index (χ0n) is 8.51. The molecule has 0 aromatic rings. The first-order chi connectivity index (χ1) is 6.26. The van der Waals surface area contributed by atoms with Crippen molar-refractivity contribution < 1.29 is 4.79 Å². The molecule has 0 aliphatic carbocycles. The van der Waals surface area contributed by atoms with Crippen LogP contribution in [0.25, 0.3) is 0 Å². The maximum absolute atomic E-state index is 11.0. The van der Waals surface area contributed by atoms with Gasteiger partial charge in [-0.05, 0) is 6.92 Å². The van der Waals surface area contributed by atoms with E-state index in [9.17, 15) is 4.79 Å². The SMILES string of the molecule is C=C/C(=C\C=C/C)C(=O)CBr.CC. The summed E-state index contributed by atoms with van der Waals surface area (Å²) in [5.41, 5.74) is 0.639. The number of allylic oxidation sites excluding steroid dienone is 5. The molecule has 0 aliphatic rings. The Labute approximate surface area is 89.4 Å². The fourth-order valence-electron chi connectivity index (χ4n) is 0.552. The largest absolute Gasteiger partial charge is 0.293 e. The molecule has 0 spiro atoms. The zero-order valence-corrected chi connectivity index (χ0v) is 10.1. The maximum Gasteiger partial charge on any atom is 0.173 e. The van der Waals surface area contributed by atoms with Gasteiger partial charge in [-0.1, -0.05) is 60.7 Å². The van der Waals surface area contributed by atoms with Crippen LogP contribution in [0, 0.1) is 0 Å². The smallest absolute Gasteiger partial charge is 0.173 e. The van der Waals surface area contributed by atoms with E-state index in [4.69, 9.17) is 0 Å². The van der Waals surface area contributed by atoms with Crippen LogP contribution in [-0.4, -0.2) is 11.1 Å². The van der Waals surface area contributed by atoms with Crippen molar-refractivity contribution in [2.45, 2.75) is 20.8 Å². The van der Waals surface area contributed by atoms with Gasteiger partial charge < -0.3 is 0 Å². The Balaban J connectivity index is 0. The lowest BCUT2D eigenvalue weighted by Crippen LogP contribution is -2.00. The van der Waals surface area contributed by atoms with Crippen LogP contribution in [0.5, 0.6) is 0 Å². The van der Waals surface area contributed by atoms with E-state index in [1.54, 1.807) is 12.2 Å². The average Bonchev–Trinajstić information content (AvgIpc) is 2.21. The Kier molecular flexibility index (Phi) is 13.0. The molecule has 0 bridgehead atoms. The van der Waals surface area contributed by atoms with Gasteiger partial charge in [0.25, 0.3) is 0 Å². The van der Waals surface area contributed by atoms with Crippen molar-refractivity contribution in [2.75, 3.05) is 5.33 Å². The highest BCUT2D eigenvalue weighted by atomic mass is 79.9. The number of hydrogen-bond donors (Lipinski definition) is 0. The van der Waals surface area contributed by atoms with Crippen LogP contribution in [0.4, 0.5) is 0 Å². The lowest BCUT2D eigenvalue weighted by atomic mass is 10.2. The molecule has 0 fully saturated rings. The van der Waals surface area contributed by atoms with E-state index in [0.717, 1.165) is 0 Å². The molecule has 0 atom stereocenters. The Hall–Kier alpha value is -0.630. The molecular weight excluding hydrogens is 228 g/mol. The monoisotopic (exact) mass is 244 g/mol. The molecule has 1 nitrogen and oxygen atoms in total. The standard InChI is InChI=1S/C9H11BrO.C2H6/c1-3-5-6-8(4-2)9(11)7-10;1-2/h3-6H,2,7H2,1H3;1-2H3/b5-3-,8-6+;. The first kappa shape index (κ1) is 14.9. The third-order valence-electron chi connectivity index (χ3n) is 1.13. The summed E-state index contributed by atoms with van der Waals surface area (Å²) in [5.74, 6) is 0.0538. The second-order valence-electron chi connectivity index (χ2n) is 1.91. The van der Waals surface area contributed by atoms with Gasteiger partial charge in [-0.2, -0.15) is 0 Å². The molecule has 0 aromatic heterocycles. The second kappa shape index (κ2) is 11.4. The van der Waals surface area contributed by atoms with E-state index in [2.05, 4.69) is 22.5 Å². The minimum atomic E-state index is 0.0538. The highest BCUT2D eigenvalue weighted by Gasteiger charge is 2.00. The summed E-state index contributed by atoms with van der Waals surface area (Å²) in [5, 5.41) is 0.350. The minimum absolute atomic E-state index is 0.0538. The molecule has 0 saturated heterocycles. The van der Waals surface area contributed by atoms with Gasteiger partial charge in [0.15, 0.2) is 5.78 Å². The van der Waals surface area contributed by atoms with Gasteiger partial charge in [0.05, 0.1) is 5.33 Å². The van der Waals surface area contributed by atoms with Crippen LogP contribution in [0.1, 0.15) is 20.8 Å². The molecule has 0 aromatic carbocycles. The molecule has 0 aliphatic heterocycles. The fraction of sp³-hybridized carbons (Fsp3) is 0.364. The Morgan fingerprint density at radius 3 is 2.31 bits per heavy atom. The van der Waals surface area contributed by atoms with Gasteiger partial charge >= 0.3 is 0 Å². The maximum atomic E-state index is 11.0. The van der Waals surface area contributed by atoms with Crippen LogP contribution in [0.3, 0.4) is 0 Å². The predicted octanol–water partition coefficient (Wildman–Crippen LogP) is 3.67. The van der Waals surface area contributed by atoms with Crippen molar-refractivity contribution >= 4 is 21.7 Å². The second-order valence-corrected chi connectivity index (χ2v) is 2.47. The lowest BCUT2D eigenvalue weighted by Gasteiger charge is -1.93. The molecule has 0 unspecified atom stereocenters. The summed E-state index contributed by atoms with van der Waals surface area (Å²) in [6.45, 7) is 9.44. The summed E-state index contributed by atoms with van der Waals surface area (Å²) in [6, 6.07) is 0. The van der Waals surface area contributed by atoms with Crippen LogP contribution in [0.15, 0.2) is 36.5 Å². The van der Waals surface area contributed by atoms with Crippen molar-refractivity contribution in [3.05, 3.63) is 36.5 Å². The first-order valence-electron chi connectivity index (χ1n) is 4.30. The van der Waals surface area contributed by atoms with Gasteiger partial charge in [0, 0.05) is 5.57 Å². The molecule has 0 N–H and O–H groups in total. The minimum Gasteiger partial charge on any atom is -0.293 e. The van der Waals surface area contributed by atoms with Crippen molar-refractivity contribution in [1.29, 1.82) is 0 Å². The van der Waals surface area contributed by atoms with E-state index in [0.29, 0.717) is 10.9 Å². The van der Waals surface area contributed by atoms with Crippen molar-refractivity contribution in [3.63, 3.8) is 0 Å². The predicted molar refractivity (Wildman–Crippen MR) is 63.2 cm³/mol. The van der Waals surface area contributed by atoms with Crippen molar-refractivity contribution in [2.24, 2.45) is 0 Å². The number of hydrogen-bond acceptors (Lipinski definition) is 1. The number of Topliss-reactive ketones (excluding diaryl/α,β-unsaturated/α-hetero) is 1. The zero-order chi connectivity index (χ0) is 10.7. The van der Waals surface area contributed by atoms with E-state index in [1.807, 2.05) is 32.9 Å². The van der Waals surface area contributed by atoms with Crippen LogP contribution in [-0.2, 0) is 4.79 Å². The van der Waals surface area contributed by atoms with Gasteiger partial charge in [-0.25, -0.2) is 0 Å². The highest BCUT2D eigenvalue weighted by Crippen LogP contribution is 2.00. The Morgan fingerprint density at radius 2 is 2.00 bits per heavy atom. The summed E-state index contributed by atoms with van der Waals surface area (Å²) >= 11 is 3.09. The van der Waals surface area contributed by atoms with E-state index in [-0.39, 0.29) is 5.78 Å². The van der Waals surface area contributed by atoms with Crippen molar-refractivity contribution in [3.8, 4) is 0 Å². The van der Waals surface area contributed by atoms with Crippen molar-refractivity contribution in [1.82, 2.24) is 0 Å². The molecule has 0 heterocycles. The summed E-state index contributed by atoms with van der Waals surface area (Å²) in [4.78, 5) is 11.0. The third kappa shape index (κ3) is 7.72. The van der Waals surface area contributed by atoms with Crippen LogP contribution < -0.4 is 0 Å². The van der Waals surface area contributed by atoms with E-state index in [1.165, 1.54) is 0 Å². The lowest BCUT2D eigenvalue weighted by molar-refractivity contribution is -0.112. The molecule has 0 rings (SSSR count). The summed E-state index contributed by atoms with van der Waals surface area (Å²) in [7, 11) is 0. The number of carbonyl (C=O) groups is 1. The van der Waals surface area contributed by atoms with Gasteiger partial charge in [0.2, 0.25) is 0 Å².